The lowest BCUT2D eigenvalue weighted by molar-refractivity contribution is -0.385. The van der Waals surface area contributed by atoms with E-state index in [-0.39, 0.29) is 29.0 Å². The van der Waals surface area contributed by atoms with E-state index < -0.39 is 10.8 Å². The maximum atomic E-state index is 12.1. The molecule has 126 valence electrons. The Hall–Kier alpha value is -2.60. The van der Waals surface area contributed by atoms with E-state index in [0.29, 0.717) is 5.69 Å². The second kappa shape index (κ2) is 7.79. The quantitative estimate of drug-likeness (QED) is 0.620. The molecular weight excluding hydrogens is 332 g/mol. The molecule has 0 saturated heterocycles. The number of rotatable bonds is 6. The van der Waals surface area contributed by atoms with Crippen LogP contribution in [-0.2, 0) is 4.79 Å². The summed E-state index contributed by atoms with van der Waals surface area (Å²) in [6, 6.07) is 11.5. The van der Waals surface area contributed by atoms with Crippen molar-refractivity contribution < 1.29 is 14.5 Å². The number of anilines is 1. The summed E-state index contributed by atoms with van der Waals surface area (Å²) in [7, 11) is 0. The van der Waals surface area contributed by atoms with Gasteiger partial charge in [0.1, 0.15) is 0 Å². The maximum absolute atomic E-state index is 12.1. The molecule has 1 N–H and O–H groups in total. The highest BCUT2D eigenvalue weighted by molar-refractivity contribution is 6.30. The lowest BCUT2D eigenvalue weighted by Gasteiger charge is -2.14. The molecule has 0 bridgehead atoms. The van der Waals surface area contributed by atoms with Crippen LogP contribution in [0.15, 0.2) is 42.5 Å². The summed E-state index contributed by atoms with van der Waals surface area (Å²) in [5, 5.41) is 14.0. The van der Waals surface area contributed by atoms with Crippen molar-refractivity contribution in [2.24, 2.45) is 0 Å². The fourth-order valence-corrected chi connectivity index (χ4v) is 2.37. The molecule has 0 aliphatic rings. The molecule has 2 aromatic rings. The monoisotopic (exact) mass is 348 g/mol. The first kappa shape index (κ1) is 17.7. The summed E-state index contributed by atoms with van der Waals surface area (Å²) in [6.07, 6.45) is 0. The van der Waals surface area contributed by atoms with Crippen LogP contribution in [0.1, 0.15) is 25.3 Å². The second-order valence-corrected chi connectivity index (χ2v) is 5.88. The topological polar surface area (TPSA) is 81.5 Å². The summed E-state index contributed by atoms with van der Waals surface area (Å²) in [5.74, 6) is -0.149. The molecule has 0 fully saturated rings. The Morgan fingerprint density at radius 3 is 2.67 bits per heavy atom. The molecule has 0 unspecified atom stereocenters. The molecule has 0 aliphatic heterocycles. The van der Waals surface area contributed by atoms with Crippen molar-refractivity contribution in [3.8, 4) is 5.75 Å². The van der Waals surface area contributed by atoms with E-state index in [1.807, 2.05) is 32.0 Å². The molecule has 0 aliphatic carbocycles. The summed E-state index contributed by atoms with van der Waals surface area (Å²) in [6.45, 7) is 3.71. The normalized spacial score (nSPS) is 10.5. The number of benzene rings is 2. The van der Waals surface area contributed by atoms with Crippen LogP contribution in [0.2, 0.25) is 5.02 Å². The van der Waals surface area contributed by atoms with E-state index in [0.717, 1.165) is 5.56 Å². The molecule has 0 radical (unpaired) electrons. The molecule has 0 heterocycles. The Kier molecular flexibility index (Phi) is 5.76. The Bertz CT molecular complexity index is 762. The van der Waals surface area contributed by atoms with Crippen LogP contribution in [0, 0.1) is 10.1 Å². The average molecular weight is 349 g/mol. The Balaban J connectivity index is 2.06. The van der Waals surface area contributed by atoms with E-state index in [1.54, 1.807) is 6.07 Å². The molecule has 1 amide bonds. The number of amides is 1. The standard InChI is InChI=1S/C17H17ClN2O4/c1-11(2)13-5-3-4-6-14(13)19-17(21)10-24-16-8-7-12(18)9-15(16)20(22)23/h3-9,11H,10H2,1-2H3,(H,19,21). The third kappa shape index (κ3) is 4.45. The van der Waals surface area contributed by atoms with Crippen molar-refractivity contribution in [3.63, 3.8) is 0 Å². The van der Waals surface area contributed by atoms with Crippen LogP contribution in [0.4, 0.5) is 11.4 Å². The van der Waals surface area contributed by atoms with Gasteiger partial charge in [-0.2, -0.15) is 0 Å². The third-order valence-corrected chi connectivity index (χ3v) is 3.57. The number of halogens is 1. The average Bonchev–Trinajstić information content (AvgIpc) is 2.53. The van der Waals surface area contributed by atoms with Crippen molar-refractivity contribution in [2.45, 2.75) is 19.8 Å². The van der Waals surface area contributed by atoms with Gasteiger partial charge in [-0.25, -0.2) is 0 Å². The van der Waals surface area contributed by atoms with Crippen LogP contribution < -0.4 is 10.1 Å². The van der Waals surface area contributed by atoms with E-state index in [9.17, 15) is 14.9 Å². The summed E-state index contributed by atoms with van der Waals surface area (Å²) in [5.41, 5.74) is 1.42. The summed E-state index contributed by atoms with van der Waals surface area (Å²) >= 11 is 5.74. The van der Waals surface area contributed by atoms with Gasteiger partial charge >= 0.3 is 5.69 Å². The SMILES string of the molecule is CC(C)c1ccccc1NC(=O)COc1ccc(Cl)cc1[N+](=O)[O-]. The van der Waals surface area contributed by atoms with Gasteiger partial charge in [-0.15, -0.1) is 0 Å². The molecule has 7 heteroatoms. The largest absolute Gasteiger partial charge is 0.477 e. The first-order valence-corrected chi connectivity index (χ1v) is 7.71. The highest BCUT2D eigenvalue weighted by Gasteiger charge is 2.17. The number of nitro groups is 1. The van der Waals surface area contributed by atoms with Gasteiger partial charge in [0.15, 0.2) is 12.4 Å². The molecular formula is C17H17ClN2O4. The minimum absolute atomic E-state index is 0.00306. The smallest absolute Gasteiger partial charge is 0.312 e. The van der Waals surface area contributed by atoms with Crippen molar-refractivity contribution in [1.82, 2.24) is 0 Å². The van der Waals surface area contributed by atoms with Gasteiger partial charge in [-0.3, -0.25) is 14.9 Å². The molecule has 2 aromatic carbocycles. The van der Waals surface area contributed by atoms with Gasteiger partial charge < -0.3 is 10.1 Å². The first-order valence-electron chi connectivity index (χ1n) is 7.34. The highest BCUT2D eigenvalue weighted by Crippen LogP contribution is 2.30. The van der Waals surface area contributed by atoms with Crippen molar-refractivity contribution in [1.29, 1.82) is 0 Å². The number of hydrogen-bond acceptors (Lipinski definition) is 4. The number of hydrogen-bond donors (Lipinski definition) is 1. The predicted molar refractivity (Wildman–Crippen MR) is 92.8 cm³/mol. The highest BCUT2D eigenvalue weighted by atomic mass is 35.5. The molecule has 0 aromatic heterocycles. The van der Waals surface area contributed by atoms with E-state index in [2.05, 4.69) is 5.32 Å². The fourth-order valence-electron chi connectivity index (χ4n) is 2.20. The number of ether oxygens (including phenoxy) is 1. The molecule has 24 heavy (non-hydrogen) atoms. The van der Waals surface area contributed by atoms with Crippen molar-refractivity contribution >= 4 is 28.9 Å². The number of nitrogens with one attached hydrogen (secondary N) is 1. The third-order valence-electron chi connectivity index (χ3n) is 3.33. The van der Waals surface area contributed by atoms with Crippen molar-refractivity contribution in [3.05, 3.63) is 63.2 Å². The van der Waals surface area contributed by atoms with Crippen LogP contribution in [-0.4, -0.2) is 17.4 Å². The molecule has 0 saturated carbocycles. The van der Waals surface area contributed by atoms with E-state index in [4.69, 9.17) is 16.3 Å². The second-order valence-electron chi connectivity index (χ2n) is 5.45. The summed E-state index contributed by atoms with van der Waals surface area (Å²) in [4.78, 5) is 22.5. The summed E-state index contributed by atoms with van der Waals surface area (Å²) < 4.78 is 5.28. The van der Waals surface area contributed by atoms with Gasteiger partial charge in [0.2, 0.25) is 0 Å². The van der Waals surface area contributed by atoms with E-state index in [1.165, 1.54) is 18.2 Å². The zero-order valence-corrected chi connectivity index (χ0v) is 14.0. The van der Waals surface area contributed by atoms with Crippen LogP contribution in [0.5, 0.6) is 5.75 Å². The van der Waals surface area contributed by atoms with Crippen molar-refractivity contribution in [2.75, 3.05) is 11.9 Å². The van der Waals surface area contributed by atoms with Crippen LogP contribution >= 0.6 is 11.6 Å². The number of nitrogens with zero attached hydrogens (tertiary/aromatic N) is 1. The maximum Gasteiger partial charge on any atom is 0.312 e. The van der Waals surface area contributed by atoms with Gasteiger partial charge in [0.25, 0.3) is 5.91 Å². The molecule has 0 spiro atoms. The zero-order chi connectivity index (χ0) is 17.7. The number of para-hydroxylation sites is 1. The Morgan fingerprint density at radius 1 is 1.29 bits per heavy atom. The lowest BCUT2D eigenvalue weighted by Crippen LogP contribution is -2.21. The molecule has 6 nitrogen and oxygen atoms in total. The minimum atomic E-state index is -0.604. The van der Waals surface area contributed by atoms with Gasteiger partial charge in [-0.05, 0) is 29.7 Å². The van der Waals surface area contributed by atoms with Gasteiger partial charge in [-0.1, -0.05) is 43.6 Å². The zero-order valence-electron chi connectivity index (χ0n) is 13.3. The van der Waals surface area contributed by atoms with Gasteiger partial charge in [0, 0.05) is 16.8 Å². The lowest BCUT2D eigenvalue weighted by atomic mass is 10.0. The van der Waals surface area contributed by atoms with Crippen LogP contribution in [0.3, 0.4) is 0 Å². The van der Waals surface area contributed by atoms with Gasteiger partial charge in [0.05, 0.1) is 4.92 Å². The molecule has 0 atom stereocenters. The Morgan fingerprint density at radius 2 is 2.00 bits per heavy atom. The fraction of sp³-hybridized carbons (Fsp3) is 0.235. The number of nitro benzene ring substituents is 1. The Labute approximate surface area is 144 Å². The molecule has 2 rings (SSSR count). The number of carbonyl (C=O) groups excluding carboxylic acids is 1. The predicted octanol–water partition coefficient (Wildman–Crippen LogP) is 4.39. The first-order chi connectivity index (χ1) is 11.4. The van der Waals surface area contributed by atoms with E-state index >= 15 is 0 Å². The van der Waals surface area contributed by atoms with Crippen LogP contribution in [0.25, 0.3) is 0 Å². The number of carbonyl (C=O) groups is 1. The minimum Gasteiger partial charge on any atom is -0.477 e.